The summed E-state index contributed by atoms with van der Waals surface area (Å²) in [6.07, 6.45) is 2.20. The molecule has 0 aliphatic rings. The number of nitrogens with zero attached hydrogens (tertiary/aromatic N) is 2. The highest BCUT2D eigenvalue weighted by atomic mass is 32.1. The van der Waals surface area contributed by atoms with Crippen molar-refractivity contribution >= 4 is 151 Å². The second-order valence-electron chi connectivity index (χ2n) is 27.4. The molecular weight excluding hydrogens is 1120 g/mol. The molecule has 2 nitrogen and oxygen atoms in total. The normalized spacial score (nSPS) is 13.4. The van der Waals surface area contributed by atoms with E-state index in [2.05, 4.69) is 293 Å². The third kappa shape index (κ3) is 8.09. The van der Waals surface area contributed by atoms with Gasteiger partial charge in [-0.25, -0.2) is 0 Å². The van der Waals surface area contributed by atoms with E-state index in [1.54, 1.807) is 0 Å². The molecule has 0 bridgehead atoms. The molecular formula is C88H66N2S. The molecule has 0 spiro atoms. The Morgan fingerprint density at radius 3 is 1.05 bits per heavy atom. The first-order chi connectivity index (χ1) is 44.5. The molecule has 2 unspecified atom stereocenters. The fourth-order valence-corrected chi connectivity index (χ4v) is 17.1. The van der Waals surface area contributed by atoms with Crippen molar-refractivity contribution in [3.63, 3.8) is 0 Å². The molecule has 3 heteroatoms. The van der Waals surface area contributed by atoms with E-state index >= 15 is 0 Å². The summed E-state index contributed by atoms with van der Waals surface area (Å²) in [6.45, 7) is 14.0. The van der Waals surface area contributed by atoms with Crippen molar-refractivity contribution in [2.24, 2.45) is 0 Å². The van der Waals surface area contributed by atoms with Crippen LogP contribution < -0.4 is 0 Å². The average molecular weight is 1180 g/mol. The van der Waals surface area contributed by atoms with Crippen molar-refractivity contribution in [3.8, 4) is 33.4 Å². The number of fused-ring (bicyclic) bond motifs is 19. The lowest BCUT2D eigenvalue weighted by Gasteiger charge is -2.17. The zero-order valence-corrected chi connectivity index (χ0v) is 52.9. The summed E-state index contributed by atoms with van der Waals surface area (Å²) in [6, 6.07) is 94.2. The summed E-state index contributed by atoms with van der Waals surface area (Å²) in [5, 5.41) is 23.5. The van der Waals surface area contributed by atoms with Crippen LogP contribution in [0.15, 0.2) is 243 Å². The average Bonchev–Trinajstić information content (AvgIpc) is 1.55. The van der Waals surface area contributed by atoms with Crippen LogP contribution in [0.25, 0.3) is 173 Å². The van der Waals surface area contributed by atoms with E-state index in [9.17, 15) is 0 Å². The second kappa shape index (κ2) is 19.7. The molecule has 19 aromatic rings. The van der Waals surface area contributed by atoms with Gasteiger partial charge in [0.05, 0.1) is 33.1 Å². The van der Waals surface area contributed by atoms with Gasteiger partial charge in [0.15, 0.2) is 0 Å². The first-order valence-corrected chi connectivity index (χ1v) is 33.7. The fraction of sp³-hybridized carbons (Fsp3) is 0.136. The zero-order chi connectivity index (χ0) is 60.7. The van der Waals surface area contributed by atoms with Crippen LogP contribution in [0, 0.1) is 0 Å². The van der Waals surface area contributed by atoms with E-state index in [-0.39, 0.29) is 0 Å². The predicted octanol–water partition coefficient (Wildman–Crippen LogP) is 25.9. The summed E-state index contributed by atoms with van der Waals surface area (Å²) in [5.74, 6) is 1.73. The Labute approximate surface area is 532 Å². The molecule has 0 aliphatic carbocycles. The van der Waals surface area contributed by atoms with Gasteiger partial charge in [-0.3, -0.25) is 0 Å². The fourth-order valence-electron chi connectivity index (χ4n) is 16.0. The van der Waals surface area contributed by atoms with Crippen LogP contribution in [0.4, 0.5) is 0 Å². The van der Waals surface area contributed by atoms with Crippen LogP contribution >= 0.6 is 11.3 Å². The zero-order valence-electron chi connectivity index (χ0n) is 52.1. The first kappa shape index (κ1) is 52.8. The summed E-state index contributed by atoms with van der Waals surface area (Å²) >= 11 is 1.89. The summed E-state index contributed by atoms with van der Waals surface area (Å²) in [7, 11) is 0. The number of rotatable bonds is 10. The molecule has 14 aromatic carbocycles. The number of thiophene rings is 1. The van der Waals surface area contributed by atoms with Crippen LogP contribution in [-0.4, -0.2) is 8.80 Å². The van der Waals surface area contributed by atoms with E-state index < -0.39 is 0 Å². The highest BCUT2D eigenvalue weighted by Crippen LogP contribution is 2.48. The first-order valence-electron chi connectivity index (χ1n) is 32.9. The van der Waals surface area contributed by atoms with Gasteiger partial charge in [0, 0.05) is 63.3 Å². The minimum absolute atomic E-state index is 0.396. The molecule has 5 heterocycles. The number of hydrogen-bond acceptors (Lipinski definition) is 1. The van der Waals surface area contributed by atoms with Crippen LogP contribution in [0.5, 0.6) is 0 Å². The van der Waals surface area contributed by atoms with E-state index in [0.29, 0.717) is 23.7 Å². The largest absolute Gasteiger partial charge is 0.308 e. The summed E-state index contributed by atoms with van der Waals surface area (Å²) in [4.78, 5) is 0. The van der Waals surface area contributed by atoms with Crippen LogP contribution in [0.3, 0.4) is 0 Å². The maximum absolute atomic E-state index is 2.58. The molecule has 0 saturated heterocycles. The molecule has 0 saturated carbocycles. The lowest BCUT2D eigenvalue weighted by Crippen LogP contribution is -1.99. The maximum atomic E-state index is 2.58. The SMILES string of the molecule is CC(C)c1ccc2cc3c(cc2c1)c1cc(-c2ccc(-c4ccccc4)cc2)cc2c4cc5cc(C(C)CCC(C)c6ccc7cc8c(cc7c6)c6cc(-c7ccc9sc%10ccccc%10c9c7)cc7c9cc%10cc(C(C)C)ccc%10cc9n8c76)ccc5cc4n3c12. The van der Waals surface area contributed by atoms with Crippen molar-refractivity contribution in [2.45, 2.75) is 78.1 Å². The van der Waals surface area contributed by atoms with Gasteiger partial charge in [0.25, 0.3) is 0 Å². The molecule has 0 aliphatic heterocycles. The van der Waals surface area contributed by atoms with E-state index in [0.717, 1.165) is 12.8 Å². The van der Waals surface area contributed by atoms with Crippen molar-refractivity contribution in [3.05, 3.63) is 265 Å². The van der Waals surface area contributed by atoms with Gasteiger partial charge >= 0.3 is 0 Å². The van der Waals surface area contributed by atoms with Crippen LogP contribution in [0.2, 0.25) is 0 Å². The van der Waals surface area contributed by atoms with Crippen molar-refractivity contribution in [1.29, 1.82) is 0 Å². The number of aromatic nitrogens is 2. The predicted molar refractivity (Wildman–Crippen MR) is 396 cm³/mol. The quantitative estimate of drug-likeness (QED) is 0.129. The standard InChI is InChI=1S/C88H66N2S/c1-49(2)56-22-26-61-45-81-72(37-65(61)32-56)77-41-69(55-20-18-54(19-21-55)53-12-8-7-9-13-53)42-78-74-39-67-34-58(24-28-63(67)47-83(74)89(81)87(77)78)51(5)16-17-52(6)59-25-29-64-48-84-75(40-68(64)35-59)80-44-70(60-30-31-86-76(36-60)71-14-10-11-15-85(71)91-86)43-79-73-38-66-33-57(50(3)4)23-27-62(66)46-82(73)90(84)88(79)80/h7-15,18-52H,16-17H2,1-6H3. The molecule has 434 valence electrons. The van der Waals surface area contributed by atoms with Crippen molar-refractivity contribution < 1.29 is 0 Å². The Morgan fingerprint density at radius 2 is 0.604 bits per heavy atom. The summed E-state index contributed by atoms with van der Waals surface area (Å²) < 4.78 is 7.82. The van der Waals surface area contributed by atoms with Crippen molar-refractivity contribution in [2.75, 3.05) is 0 Å². The number of hydrogen-bond donors (Lipinski definition) is 0. The third-order valence-corrected chi connectivity index (χ3v) is 22.4. The lowest BCUT2D eigenvalue weighted by atomic mass is 9.87. The van der Waals surface area contributed by atoms with Crippen molar-refractivity contribution in [1.82, 2.24) is 8.80 Å². The highest BCUT2D eigenvalue weighted by Gasteiger charge is 2.24. The topological polar surface area (TPSA) is 8.82 Å². The van der Waals surface area contributed by atoms with Gasteiger partial charge in [-0.1, -0.05) is 193 Å². The maximum Gasteiger partial charge on any atom is 0.0620 e. The van der Waals surface area contributed by atoms with Crippen LogP contribution in [-0.2, 0) is 0 Å². The number of benzene rings is 14. The van der Waals surface area contributed by atoms with Gasteiger partial charge in [-0.05, 0) is 226 Å². The third-order valence-electron chi connectivity index (χ3n) is 21.2. The molecule has 5 aromatic heterocycles. The Hall–Kier alpha value is -10.1. The summed E-state index contributed by atoms with van der Waals surface area (Å²) in [5.41, 5.74) is 20.8. The Kier molecular flexibility index (Phi) is 11.4. The van der Waals surface area contributed by atoms with E-state index in [4.69, 9.17) is 0 Å². The lowest BCUT2D eigenvalue weighted by molar-refractivity contribution is 0.574. The molecule has 19 rings (SSSR count). The monoisotopic (exact) mass is 1180 g/mol. The van der Waals surface area contributed by atoms with Gasteiger partial charge < -0.3 is 8.80 Å². The molecule has 0 N–H and O–H groups in total. The van der Waals surface area contributed by atoms with Gasteiger partial charge in [0.2, 0.25) is 0 Å². The molecule has 0 radical (unpaired) electrons. The van der Waals surface area contributed by atoms with E-state index in [1.165, 1.54) is 195 Å². The second-order valence-corrected chi connectivity index (χ2v) is 28.4. The van der Waals surface area contributed by atoms with Crippen LogP contribution in [0.1, 0.15) is 100 Å². The van der Waals surface area contributed by atoms with Gasteiger partial charge in [0.1, 0.15) is 0 Å². The highest BCUT2D eigenvalue weighted by molar-refractivity contribution is 7.25. The van der Waals surface area contributed by atoms with Gasteiger partial charge in [-0.2, -0.15) is 0 Å². The Balaban J connectivity index is 0.673. The molecule has 0 fully saturated rings. The van der Waals surface area contributed by atoms with E-state index in [1.807, 2.05) is 11.3 Å². The minimum atomic E-state index is 0.396. The smallest absolute Gasteiger partial charge is 0.0620 e. The molecule has 0 amide bonds. The minimum Gasteiger partial charge on any atom is -0.308 e. The van der Waals surface area contributed by atoms with Gasteiger partial charge in [-0.15, -0.1) is 11.3 Å². The Morgan fingerprint density at radius 1 is 0.253 bits per heavy atom. The Bertz CT molecular complexity index is 6230. The molecule has 91 heavy (non-hydrogen) atoms. The molecule has 2 atom stereocenters.